The van der Waals surface area contributed by atoms with Gasteiger partial charge in [0.2, 0.25) is 0 Å². The van der Waals surface area contributed by atoms with Gasteiger partial charge in [-0.15, -0.1) is 0 Å². The lowest BCUT2D eigenvalue weighted by atomic mass is 9.78. The van der Waals surface area contributed by atoms with Crippen molar-refractivity contribution >= 4 is 17.7 Å². The van der Waals surface area contributed by atoms with E-state index in [1.807, 2.05) is 12.1 Å². The van der Waals surface area contributed by atoms with Crippen LogP contribution in [0.1, 0.15) is 109 Å². The number of esters is 2. The first kappa shape index (κ1) is 28.9. The van der Waals surface area contributed by atoms with E-state index in [0.29, 0.717) is 12.2 Å². The summed E-state index contributed by atoms with van der Waals surface area (Å²) in [7, 11) is 0. The van der Waals surface area contributed by atoms with Crippen LogP contribution in [0.15, 0.2) is 24.3 Å². The second kappa shape index (κ2) is 14.9. The molecule has 0 aliphatic rings. The molecule has 0 heterocycles. The Morgan fingerprint density at radius 2 is 1.55 bits per heavy atom. The van der Waals surface area contributed by atoms with Gasteiger partial charge in [-0.1, -0.05) is 45.7 Å². The van der Waals surface area contributed by atoms with Gasteiger partial charge in [0.05, 0.1) is 12.2 Å². The summed E-state index contributed by atoms with van der Waals surface area (Å²) in [5.74, 6) is -0.283. The third kappa shape index (κ3) is 11.0. The summed E-state index contributed by atoms with van der Waals surface area (Å²) in [4.78, 5) is 35.6. The van der Waals surface area contributed by atoms with Crippen molar-refractivity contribution in [3.05, 3.63) is 35.4 Å². The van der Waals surface area contributed by atoms with Crippen molar-refractivity contribution in [3.8, 4) is 0 Å². The maximum atomic E-state index is 12.2. The van der Waals surface area contributed by atoms with Crippen LogP contribution in [0.4, 0.5) is 0 Å². The number of benzene rings is 1. The Kier molecular flexibility index (Phi) is 13.0. The molecule has 2 unspecified atom stereocenters. The summed E-state index contributed by atoms with van der Waals surface area (Å²) in [5.41, 5.74) is 1.65. The third-order valence-corrected chi connectivity index (χ3v) is 6.43. The molecule has 1 aromatic rings. The van der Waals surface area contributed by atoms with Crippen LogP contribution in [0.5, 0.6) is 0 Å². The third-order valence-electron chi connectivity index (χ3n) is 6.43. The SMILES string of the molecule is CCCCC(C)(C)C(CCCC(CCCc1ccc(C(=O)OCC)cc1)C(C)=O)OC(C)=O. The van der Waals surface area contributed by atoms with Crippen LogP contribution < -0.4 is 0 Å². The van der Waals surface area contributed by atoms with Crippen molar-refractivity contribution in [1.82, 2.24) is 0 Å². The highest BCUT2D eigenvalue weighted by Crippen LogP contribution is 2.33. The summed E-state index contributed by atoms with van der Waals surface area (Å²) < 4.78 is 10.7. The molecule has 1 rings (SSSR count). The Balaban J connectivity index is 2.56. The number of ketones is 1. The Labute approximate surface area is 200 Å². The first-order valence-corrected chi connectivity index (χ1v) is 12.5. The van der Waals surface area contributed by atoms with Gasteiger partial charge in [-0.3, -0.25) is 9.59 Å². The Morgan fingerprint density at radius 1 is 0.909 bits per heavy atom. The van der Waals surface area contributed by atoms with Crippen molar-refractivity contribution in [2.24, 2.45) is 11.3 Å². The molecular weight excluding hydrogens is 416 g/mol. The smallest absolute Gasteiger partial charge is 0.338 e. The van der Waals surface area contributed by atoms with Crippen molar-refractivity contribution in [2.75, 3.05) is 6.61 Å². The molecule has 0 spiro atoms. The average Bonchev–Trinajstić information content (AvgIpc) is 2.76. The van der Waals surface area contributed by atoms with Crippen molar-refractivity contribution in [3.63, 3.8) is 0 Å². The predicted molar refractivity (Wildman–Crippen MR) is 132 cm³/mol. The van der Waals surface area contributed by atoms with Crippen LogP contribution in [-0.4, -0.2) is 30.4 Å². The number of unbranched alkanes of at least 4 members (excludes halogenated alkanes) is 1. The largest absolute Gasteiger partial charge is 0.462 e. The highest BCUT2D eigenvalue weighted by atomic mass is 16.5. The molecule has 0 bridgehead atoms. The van der Waals surface area contributed by atoms with E-state index in [1.54, 1.807) is 26.0 Å². The maximum Gasteiger partial charge on any atom is 0.338 e. The van der Waals surface area contributed by atoms with Gasteiger partial charge in [0, 0.05) is 18.3 Å². The zero-order valence-corrected chi connectivity index (χ0v) is 21.6. The van der Waals surface area contributed by atoms with Crippen LogP contribution >= 0.6 is 0 Å². The molecule has 0 aliphatic heterocycles. The molecule has 0 saturated heterocycles. The molecule has 0 aromatic heterocycles. The number of carbonyl (C=O) groups excluding carboxylic acids is 3. The number of hydrogen-bond donors (Lipinski definition) is 0. The molecule has 2 atom stereocenters. The fourth-order valence-corrected chi connectivity index (χ4v) is 4.28. The zero-order valence-electron chi connectivity index (χ0n) is 21.6. The normalized spacial score (nSPS) is 13.3. The highest BCUT2D eigenvalue weighted by Gasteiger charge is 2.31. The number of hydrogen-bond acceptors (Lipinski definition) is 5. The zero-order chi connectivity index (χ0) is 24.9. The summed E-state index contributed by atoms with van der Waals surface area (Å²) in [5, 5.41) is 0. The van der Waals surface area contributed by atoms with Gasteiger partial charge in [0.1, 0.15) is 11.9 Å². The summed E-state index contributed by atoms with van der Waals surface area (Å²) in [6.07, 6.45) is 8.23. The fourth-order valence-electron chi connectivity index (χ4n) is 4.28. The molecule has 0 saturated carbocycles. The second-order valence-corrected chi connectivity index (χ2v) is 9.74. The first-order valence-electron chi connectivity index (χ1n) is 12.5. The maximum absolute atomic E-state index is 12.2. The van der Waals surface area contributed by atoms with E-state index >= 15 is 0 Å². The van der Waals surface area contributed by atoms with E-state index in [4.69, 9.17) is 9.47 Å². The molecule has 0 radical (unpaired) electrons. The van der Waals surface area contributed by atoms with Crippen LogP contribution in [-0.2, 0) is 25.5 Å². The number of ether oxygens (including phenoxy) is 2. The van der Waals surface area contributed by atoms with Crippen LogP contribution in [0.2, 0.25) is 0 Å². The number of carbonyl (C=O) groups is 3. The minimum atomic E-state index is -0.300. The van der Waals surface area contributed by atoms with E-state index in [-0.39, 0.29) is 35.2 Å². The standard InChI is InChI=1S/C28H44O5/c1-7-9-20-28(5,6)26(33-22(4)30)15-11-14-24(21(3)29)13-10-12-23-16-18-25(19-17-23)27(31)32-8-2/h16-19,24,26H,7-15,20H2,1-6H3. The van der Waals surface area contributed by atoms with E-state index in [1.165, 1.54) is 6.92 Å². The fraction of sp³-hybridized carbons (Fsp3) is 0.679. The molecule has 0 aliphatic carbocycles. The number of aryl methyl sites for hydroxylation is 1. The quantitative estimate of drug-likeness (QED) is 0.256. The number of Topliss-reactive ketones (excluding diaryl/α,β-unsaturated/α-hetero) is 1. The molecule has 0 fully saturated rings. The van der Waals surface area contributed by atoms with Crippen LogP contribution in [0.3, 0.4) is 0 Å². The monoisotopic (exact) mass is 460 g/mol. The van der Waals surface area contributed by atoms with Crippen LogP contribution in [0.25, 0.3) is 0 Å². The van der Waals surface area contributed by atoms with Gasteiger partial charge in [-0.05, 0) is 76.5 Å². The van der Waals surface area contributed by atoms with Gasteiger partial charge < -0.3 is 9.47 Å². The summed E-state index contributed by atoms with van der Waals surface area (Å²) >= 11 is 0. The molecule has 33 heavy (non-hydrogen) atoms. The van der Waals surface area contributed by atoms with Crippen molar-refractivity contribution < 1.29 is 23.9 Å². The second-order valence-electron chi connectivity index (χ2n) is 9.74. The molecule has 1 aromatic carbocycles. The van der Waals surface area contributed by atoms with Gasteiger partial charge in [0.25, 0.3) is 0 Å². The first-order chi connectivity index (χ1) is 15.6. The van der Waals surface area contributed by atoms with E-state index in [0.717, 1.165) is 63.4 Å². The van der Waals surface area contributed by atoms with E-state index < -0.39 is 0 Å². The summed E-state index contributed by atoms with van der Waals surface area (Å²) in [6, 6.07) is 7.50. The predicted octanol–water partition coefficient (Wildman–Crippen LogP) is 6.71. The summed E-state index contributed by atoms with van der Waals surface area (Å²) in [6.45, 7) is 11.8. The lowest BCUT2D eigenvalue weighted by molar-refractivity contribution is -0.153. The van der Waals surface area contributed by atoms with Crippen LogP contribution in [0, 0.1) is 11.3 Å². The number of rotatable bonds is 16. The Bertz CT molecular complexity index is 735. The van der Waals surface area contributed by atoms with Gasteiger partial charge in [0.15, 0.2) is 0 Å². The molecule has 0 amide bonds. The molecule has 0 N–H and O–H groups in total. The molecule has 5 nitrogen and oxygen atoms in total. The lowest BCUT2D eigenvalue weighted by Crippen LogP contribution is -2.33. The minimum absolute atomic E-state index is 0.0283. The lowest BCUT2D eigenvalue weighted by Gasteiger charge is -2.34. The van der Waals surface area contributed by atoms with Crippen molar-refractivity contribution in [2.45, 2.75) is 105 Å². The Hall–Kier alpha value is -2.17. The molecule has 186 valence electrons. The van der Waals surface area contributed by atoms with E-state index in [2.05, 4.69) is 20.8 Å². The molecule has 5 heteroatoms. The van der Waals surface area contributed by atoms with E-state index in [9.17, 15) is 14.4 Å². The molecular formula is C28H44O5. The minimum Gasteiger partial charge on any atom is -0.462 e. The average molecular weight is 461 g/mol. The van der Waals surface area contributed by atoms with Gasteiger partial charge in [-0.25, -0.2) is 4.79 Å². The highest BCUT2D eigenvalue weighted by molar-refractivity contribution is 5.89. The topological polar surface area (TPSA) is 69.7 Å². The van der Waals surface area contributed by atoms with Gasteiger partial charge in [-0.2, -0.15) is 0 Å². The van der Waals surface area contributed by atoms with Gasteiger partial charge >= 0.3 is 11.9 Å². The Morgan fingerprint density at radius 3 is 2.09 bits per heavy atom. The van der Waals surface area contributed by atoms with Crippen molar-refractivity contribution in [1.29, 1.82) is 0 Å².